The second-order valence-electron chi connectivity index (χ2n) is 5.79. The Labute approximate surface area is 130 Å². The molecule has 0 N–H and O–H groups in total. The molecule has 0 amide bonds. The lowest BCUT2D eigenvalue weighted by Gasteiger charge is -2.29. The van der Waals surface area contributed by atoms with Gasteiger partial charge >= 0.3 is 0 Å². The topological polar surface area (TPSA) is 39.5 Å². The van der Waals surface area contributed by atoms with E-state index in [-0.39, 0.29) is 0 Å². The van der Waals surface area contributed by atoms with Crippen LogP contribution in [0.2, 0.25) is 5.02 Å². The highest BCUT2D eigenvalue weighted by Crippen LogP contribution is 2.29. The van der Waals surface area contributed by atoms with E-state index in [0.717, 1.165) is 51.6 Å². The van der Waals surface area contributed by atoms with E-state index in [2.05, 4.69) is 15.9 Å². The predicted molar refractivity (Wildman–Crippen MR) is 83.7 cm³/mol. The fraction of sp³-hybridized carbons (Fsp3) is 0.562. The van der Waals surface area contributed by atoms with Crippen molar-refractivity contribution < 1.29 is 4.74 Å². The summed E-state index contributed by atoms with van der Waals surface area (Å²) in [5, 5.41) is 9.90. The summed E-state index contributed by atoms with van der Waals surface area (Å²) in [6.45, 7) is 6.97. The zero-order valence-electron chi connectivity index (χ0n) is 12.1. The van der Waals surface area contributed by atoms with Crippen molar-refractivity contribution in [2.45, 2.75) is 6.42 Å². The number of nitrogens with zero attached hydrogens (tertiary/aromatic N) is 3. The van der Waals surface area contributed by atoms with Gasteiger partial charge in [-0.3, -0.25) is 4.90 Å². The monoisotopic (exact) mass is 305 g/mol. The average molecular weight is 306 g/mol. The number of rotatable bonds is 3. The molecule has 0 bridgehead atoms. The summed E-state index contributed by atoms with van der Waals surface area (Å²) in [6.07, 6.45) is 1.19. The first-order chi connectivity index (χ1) is 10.3. The molecule has 2 aliphatic rings. The van der Waals surface area contributed by atoms with Gasteiger partial charge in [0.2, 0.25) is 0 Å². The van der Waals surface area contributed by atoms with E-state index in [1.807, 2.05) is 12.1 Å². The summed E-state index contributed by atoms with van der Waals surface area (Å²) >= 11 is 5.97. The van der Waals surface area contributed by atoms with Crippen LogP contribution < -0.4 is 4.90 Å². The van der Waals surface area contributed by atoms with Crippen LogP contribution in [0.1, 0.15) is 12.0 Å². The second kappa shape index (κ2) is 6.65. The quantitative estimate of drug-likeness (QED) is 0.859. The van der Waals surface area contributed by atoms with E-state index >= 15 is 0 Å². The number of anilines is 1. The van der Waals surface area contributed by atoms with E-state index in [9.17, 15) is 5.26 Å². The third kappa shape index (κ3) is 3.49. The normalized spacial score (nSPS) is 23.2. The maximum atomic E-state index is 9.27. The van der Waals surface area contributed by atoms with Crippen molar-refractivity contribution in [2.24, 2.45) is 5.92 Å². The van der Waals surface area contributed by atoms with Crippen LogP contribution in [0, 0.1) is 17.2 Å². The Morgan fingerprint density at radius 1 is 1.29 bits per heavy atom. The van der Waals surface area contributed by atoms with Gasteiger partial charge in [-0.2, -0.15) is 5.26 Å². The van der Waals surface area contributed by atoms with Crippen molar-refractivity contribution in [3.63, 3.8) is 0 Å². The lowest BCUT2D eigenvalue weighted by molar-refractivity contribution is 0.0320. The lowest BCUT2D eigenvalue weighted by Crippen LogP contribution is -2.39. The molecular weight excluding hydrogens is 286 g/mol. The van der Waals surface area contributed by atoms with E-state index in [0.29, 0.717) is 16.5 Å². The number of hydrogen-bond donors (Lipinski definition) is 0. The van der Waals surface area contributed by atoms with Gasteiger partial charge in [0.05, 0.1) is 24.5 Å². The summed E-state index contributed by atoms with van der Waals surface area (Å²) in [5.74, 6) is 0.672. The Balaban J connectivity index is 1.63. The van der Waals surface area contributed by atoms with E-state index in [1.165, 1.54) is 6.42 Å². The molecule has 0 aliphatic carbocycles. The van der Waals surface area contributed by atoms with E-state index in [1.54, 1.807) is 6.07 Å². The third-order valence-electron chi connectivity index (χ3n) is 4.33. The molecule has 3 rings (SSSR count). The first kappa shape index (κ1) is 14.6. The van der Waals surface area contributed by atoms with E-state index in [4.69, 9.17) is 16.3 Å². The predicted octanol–water partition coefficient (Wildman–Crippen LogP) is 2.37. The minimum absolute atomic E-state index is 0.624. The molecule has 1 aromatic carbocycles. The number of nitriles is 1. The first-order valence-electron chi connectivity index (χ1n) is 7.51. The Morgan fingerprint density at radius 2 is 2.10 bits per heavy atom. The van der Waals surface area contributed by atoms with Crippen LogP contribution in [-0.2, 0) is 4.74 Å². The zero-order valence-corrected chi connectivity index (χ0v) is 12.9. The number of ether oxygens (including phenoxy) is 1. The Morgan fingerprint density at radius 3 is 2.86 bits per heavy atom. The molecule has 0 spiro atoms. The fourth-order valence-electron chi connectivity index (χ4n) is 3.22. The lowest BCUT2D eigenvalue weighted by atomic mass is 10.1. The smallest absolute Gasteiger partial charge is 0.101 e. The molecule has 1 atom stereocenters. The van der Waals surface area contributed by atoms with Crippen molar-refractivity contribution in [3.8, 4) is 6.07 Å². The van der Waals surface area contributed by atoms with Crippen LogP contribution in [0.25, 0.3) is 0 Å². The molecular formula is C16H20ClN3O. The maximum absolute atomic E-state index is 9.27. The molecule has 4 nitrogen and oxygen atoms in total. The van der Waals surface area contributed by atoms with Crippen LogP contribution in [-0.4, -0.2) is 50.8 Å². The minimum Gasteiger partial charge on any atom is -0.379 e. The van der Waals surface area contributed by atoms with Gasteiger partial charge in [0.15, 0.2) is 0 Å². The molecule has 2 heterocycles. The number of morpholine rings is 1. The van der Waals surface area contributed by atoms with Gasteiger partial charge in [0.1, 0.15) is 6.07 Å². The van der Waals surface area contributed by atoms with Crippen LogP contribution in [0.15, 0.2) is 18.2 Å². The molecule has 5 heteroatoms. The molecule has 0 saturated carbocycles. The Kier molecular flexibility index (Phi) is 4.64. The van der Waals surface area contributed by atoms with Gasteiger partial charge < -0.3 is 9.64 Å². The molecule has 2 saturated heterocycles. The molecule has 0 radical (unpaired) electrons. The van der Waals surface area contributed by atoms with Gasteiger partial charge in [-0.1, -0.05) is 11.6 Å². The van der Waals surface area contributed by atoms with Gasteiger partial charge in [0, 0.05) is 37.7 Å². The second-order valence-corrected chi connectivity index (χ2v) is 6.22. The van der Waals surface area contributed by atoms with Crippen molar-refractivity contribution in [1.82, 2.24) is 4.90 Å². The van der Waals surface area contributed by atoms with Gasteiger partial charge in [-0.25, -0.2) is 0 Å². The molecule has 0 aromatic heterocycles. The van der Waals surface area contributed by atoms with Crippen molar-refractivity contribution in [2.75, 3.05) is 50.8 Å². The molecule has 2 fully saturated rings. The third-order valence-corrected chi connectivity index (χ3v) is 4.56. The van der Waals surface area contributed by atoms with Crippen molar-refractivity contribution in [3.05, 3.63) is 28.8 Å². The SMILES string of the molecule is N#Cc1cc(Cl)ccc1N1CC[C@H](CN2CCOCC2)C1. The average Bonchev–Trinajstić information content (AvgIpc) is 2.96. The van der Waals surface area contributed by atoms with Crippen LogP contribution in [0.4, 0.5) is 5.69 Å². The van der Waals surface area contributed by atoms with Crippen molar-refractivity contribution in [1.29, 1.82) is 5.26 Å². The molecule has 112 valence electrons. The summed E-state index contributed by atoms with van der Waals surface area (Å²) in [7, 11) is 0. The fourth-order valence-corrected chi connectivity index (χ4v) is 3.40. The Bertz CT molecular complexity index is 537. The molecule has 1 aromatic rings. The van der Waals surface area contributed by atoms with Gasteiger partial charge in [-0.15, -0.1) is 0 Å². The Hall–Kier alpha value is -1.28. The van der Waals surface area contributed by atoms with E-state index < -0.39 is 0 Å². The summed E-state index contributed by atoms with van der Waals surface area (Å²) in [6, 6.07) is 7.85. The minimum atomic E-state index is 0.624. The number of benzene rings is 1. The molecule has 0 unspecified atom stereocenters. The summed E-state index contributed by atoms with van der Waals surface area (Å²) < 4.78 is 5.40. The van der Waals surface area contributed by atoms with Crippen molar-refractivity contribution >= 4 is 17.3 Å². The van der Waals surface area contributed by atoms with Crippen LogP contribution in [0.5, 0.6) is 0 Å². The highest BCUT2D eigenvalue weighted by molar-refractivity contribution is 6.30. The first-order valence-corrected chi connectivity index (χ1v) is 7.89. The van der Waals surface area contributed by atoms with Gasteiger partial charge in [0.25, 0.3) is 0 Å². The summed E-state index contributed by atoms with van der Waals surface area (Å²) in [4.78, 5) is 4.81. The molecule has 21 heavy (non-hydrogen) atoms. The zero-order chi connectivity index (χ0) is 14.7. The van der Waals surface area contributed by atoms with Gasteiger partial charge in [-0.05, 0) is 30.5 Å². The number of hydrogen-bond acceptors (Lipinski definition) is 4. The number of halogens is 1. The summed E-state index contributed by atoms with van der Waals surface area (Å²) in [5.41, 5.74) is 1.70. The standard InChI is InChI=1S/C16H20ClN3O/c17-15-1-2-16(14(9-15)10-18)20-4-3-13(12-20)11-19-5-7-21-8-6-19/h1-2,9,13H,3-8,11-12H2/t13-/m1/s1. The maximum Gasteiger partial charge on any atom is 0.101 e. The van der Waals surface area contributed by atoms with Crippen LogP contribution in [0.3, 0.4) is 0 Å². The van der Waals surface area contributed by atoms with Crippen LogP contribution >= 0.6 is 11.6 Å². The highest BCUT2D eigenvalue weighted by Gasteiger charge is 2.26. The largest absolute Gasteiger partial charge is 0.379 e. The highest BCUT2D eigenvalue weighted by atomic mass is 35.5. The molecule has 2 aliphatic heterocycles.